The third-order valence-corrected chi connectivity index (χ3v) is 6.73. The van der Waals surface area contributed by atoms with Gasteiger partial charge in [0.1, 0.15) is 17.7 Å². The number of nitro groups is 1. The average Bonchev–Trinajstić information content (AvgIpc) is 3.34. The van der Waals surface area contributed by atoms with E-state index in [1.165, 1.54) is 26.4 Å². The molecule has 2 aromatic carbocycles. The van der Waals surface area contributed by atoms with Crippen LogP contribution in [-0.4, -0.2) is 52.2 Å². The number of hydrogen-bond donors (Lipinski definition) is 2. The van der Waals surface area contributed by atoms with Crippen molar-refractivity contribution < 1.29 is 24.2 Å². The van der Waals surface area contributed by atoms with Gasteiger partial charge in [-0.3, -0.25) is 10.1 Å². The van der Waals surface area contributed by atoms with E-state index in [0.717, 1.165) is 16.8 Å². The van der Waals surface area contributed by atoms with Crippen LogP contribution in [0.2, 0.25) is 0 Å². The van der Waals surface area contributed by atoms with Gasteiger partial charge >= 0.3 is 0 Å². The first kappa shape index (κ1) is 24.6. The largest absolute Gasteiger partial charge is 0.479 e. The minimum absolute atomic E-state index is 0.0953. The standard InChI is InChI=1S/C25H30N4O6/c1-15-7-6-8-19(16(15)2)28(14-21-26-11-12-27-21)22-18-13-17(29(31)32)9-10-20(18)35-25(3,23(22)30)24(33-4)34-5/h6-13,22-24,30H,14H2,1-5H3,(H,26,27)/t22-,23+,25+/m0/s1. The van der Waals surface area contributed by atoms with E-state index < -0.39 is 29.0 Å². The molecule has 0 saturated heterocycles. The van der Waals surface area contributed by atoms with Crippen molar-refractivity contribution in [2.45, 2.75) is 51.4 Å². The maximum absolute atomic E-state index is 11.9. The molecule has 1 aliphatic rings. The molecule has 0 amide bonds. The predicted octanol–water partition coefficient (Wildman–Crippen LogP) is 3.81. The summed E-state index contributed by atoms with van der Waals surface area (Å²) in [5.74, 6) is 1.08. The second kappa shape index (κ2) is 9.65. The number of aliphatic hydroxyl groups is 1. The van der Waals surface area contributed by atoms with Gasteiger partial charge in [-0.1, -0.05) is 12.1 Å². The molecular weight excluding hydrogens is 452 g/mol. The van der Waals surface area contributed by atoms with Crippen molar-refractivity contribution in [1.29, 1.82) is 0 Å². The number of rotatable bonds is 8. The molecule has 2 N–H and O–H groups in total. The van der Waals surface area contributed by atoms with E-state index in [2.05, 4.69) is 9.97 Å². The molecular formula is C25H30N4O6. The Hall–Kier alpha value is -3.47. The Balaban J connectivity index is 1.96. The summed E-state index contributed by atoms with van der Waals surface area (Å²) < 4.78 is 17.3. The Bertz CT molecular complexity index is 1200. The van der Waals surface area contributed by atoms with E-state index in [-0.39, 0.29) is 5.69 Å². The van der Waals surface area contributed by atoms with Crippen molar-refractivity contribution in [2.24, 2.45) is 0 Å². The van der Waals surface area contributed by atoms with Crippen LogP contribution in [0, 0.1) is 24.0 Å². The van der Waals surface area contributed by atoms with Gasteiger partial charge in [0.2, 0.25) is 0 Å². The summed E-state index contributed by atoms with van der Waals surface area (Å²) in [6.45, 7) is 6.04. The van der Waals surface area contributed by atoms with E-state index in [1.807, 2.05) is 36.9 Å². The van der Waals surface area contributed by atoms with Gasteiger partial charge in [0.05, 0.1) is 17.5 Å². The van der Waals surface area contributed by atoms with Gasteiger partial charge in [0, 0.05) is 50.0 Å². The van der Waals surface area contributed by atoms with Crippen LogP contribution in [0.25, 0.3) is 0 Å². The van der Waals surface area contributed by atoms with Crippen molar-refractivity contribution in [3.05, 3.63) is 81.4 Å². The number of aliphatic hydroxyl groups excluding tert-OH is 1. The van der Waals surface area contributed by atoms with Crippen molar-refractivity contribution in [3.8, 4) is 5.75 Å². The van der Waals surface area contributed by atoms with Crippen LogP contribution >= 0.6 is 0 Å². The molecule has 35 heavy (non-hydrogen) atoms. The van der Waals surface area contributed by atoms with Crippen molar-refractivity contribution in [3.63, 3.8) is 0 Å². The second-order valence-corrected chi connectivity index (χ2v) is 8.84. The van der Waals surface area contributed by atoms with E-state index in [1.54, 1.807) is 25.4 Å². The highest BCUT2D eigenvalue weighted by atomic mass is 16.7. The quantitative estimate of drug-likeness (QED) is 0.282. The fourth-order valence-electron chi connectivity index (χ4n) is 4.77. The SMILES string of the molecule is COC(OC)[C@]1(C)Oc2ccc([N+](=O)[O-])cc2[C@H](N(Cc2ncc[nH]2)c2cccc(C)c2C)[C@H]1O. The second-order valence-electron chi connectivity index (χ2n) is 8.84. The van der Waals surface area contributed by atoms with Gasteiger partial charge in [0.15, 0.2) is 11.9 Å². The number of ether oxygens (including phenoxy) is 3. The summed E-state index contributed by atoms with van der Waals surface area (Å²) >= 11 is 0. The number of imidazole rings is 1. The van der Waals surface area contributed by atoms with E-state index in [9.17, 15) is 15.2 Å². The van der Waals surface area contributed by atoms with Gasteiger partial charge in [-0.05, 0) is 44.0 Å². The maximum Gasteiger partial charge on any atom is 0.270 e. The Labute approximate surface area is 203 Å². The molecule has 2 heterocycles. The smallest absolute Gasteiger partial charge is 0.270 e. The molecule has 3 atom stereocenters. The summed E-state index contributed by atoms with van der Waals surface area (Å²) in [5.41, 5.74) is 2.02. The minimum atomic E-state index is -1.32. The van der Waals surface area contributed by atoms with Crippen molar-refractivity contribution >= 4 is 11.4 Å². The summed E-state index contributed by atoms with van der Waals surface area (Å²) in [5, 5.41) is 23.5. The number of hydrogen-bond acceptors (Lipinski definition) is 8. The Morgan fingerprint density at radius 2 is 2.03 bits per heavy atom. The molecule has 0 fully saturated rings. The molecule has 4 rings (SSSR count). The first-order chi connectivity index (χ1) is 16.7. The number of non-ortho nitro benzene ring substituents is 1. The van der Waals surface area contributed by atoms with Gasteiger partial charge in [-0.2, -0.15) is 0 Å². The van der Waals surface area contributed by atoms with Gasteiger partial charge in [0.25, 0.3) is 5.69 Å². The fourth-order valence-corrected chi connectivity index (χ4v) is 4.77. The molecule has 10 heteroatoms. The molecule has 0 spiro atoms. The molecule has 0 bridgehead atoms. The lowest BCUT2D eigenvalue weighted by Gasteiger charge is -2.50. The number of aromatic amines is 1. The first-order valence-corrected chi connectivity index (χ1v) is 11.2. The van der Waals surface area contributed by atoms with Gasteiger partial charge in [-0.15, -0.1) is 0 Å². The first-order valence-electron chi connectivity index (χ1n) is 11.2. The van der Waals surface area contributed by atoms with Crippen molar-refractivity contribution in [1.82, 2.24) is 9.97 Å². The molecule has 3 aromatic rings. The van der Waals surface area contributed by atoms with Gasteiger partial charge < -0.3 is 29.2 Å². The number of nitrogens with one attached hydrogen (secondary N) is 1. The highest BCUT2D eigenvalue weighted by Crippen LogP contribution is 2.48. The van der Waals surface area contributed by atoms with Crippen LogP contribution in [0.15, 0.2) is 48.8 Å². The highest BCUT2D eigenvalue weighted by Gasteiger charge is 2.54. The normalized spacial score (nSPS) is 21.5. The minimum Gasteiger partial charge on any atom is -0.479 e. The number of anilines is 1. The molecule has 10 nitrogen and oxygen atoms in total. The Kier molecular flexibility index (Phi) is 6.79. The fraction of sp³-hybridized carbons (Fsp3) is 0.400. The maximum atomic E-state index is 11.9. The third-order valence-electron chi connectivity index (χ3n) is 6.73. The summed E-state index contributed by atoms with van der Waals surface area (Å²) in [4.78, 5) is 20.7. The van der Waals surface area contributed by atoms with Crippen LogP contribution in [0.1, 0.15) is 35.5 Å². The molecule has 1 aliphatic heterocycles. The third kappa shape index (κ3) is 4.36. The summed E-state index contributed by atoms with van der Waals surface area (Å²) in [6.07, 6.45) is 1.28. The predicted molar refractivity (Wildman–Crippen MR) is 129 cm³/mol. The number of nitro benzene ring substituents is 1. The van der Waals surface area contributed by atoms with Crippen molar-refractivity contribution in [2.75, 3.05) is 19.1 Å². The van der Waals surface area contributed by atoms with E-state index in [0.29, 0.717) is 23.7 Å². The summed E-state index contributed by atoms with van der Waals surface area (Å²) in [6, 6.07) is 9.57. The zero-order chi connectivity index (χ0) is 25.3. The van der Waals surface area contributed by atoms with Crippen LogP contribution in [0.4, 0.5) is 11.4 Å². The van der Waals surface area contributed by atoms with E-state index in [4.69, 9.17) is 14.2 Å². The zero-order valence-electron chi connectivity index (χ0n) is 20.4. The molecule has 186 valence electrons. The Morgan fingerprint density at radius 1 is 1.29 bits per heavy atom. The Morgan fingerprint density at radius 3 is 2.66 bits per heavy atom. The summed E-state index contributed by atoms with van der Waals surface area (Å²) in [7, 11) is 2.95. The molecule has 1 aromatic heterocycles. The van der Waals surface area contributed by atoms with E-state index >= 15 is 0 Å². The molecule has 0 aliphatic carbocycles. The number of methoxy groups -OCH3 is 2. The number of aryl methyl sites for hydroxylation is 1. The number of aromatic nitrogens is 2. The van der Waals surface area contributed by atoms with Gasteiger partial charge in [-0.25, -0.2) is 4.98 Å². The number of nitrogens with zero attached hydrogens (tertiary/aromatic N) is 3. The highest BCUT2D eigenvalue weighted by molar-refractivity contribution is 5.60. The number of H-pyrrole nitrogens is 1. The molecule has 0 unspecified atom stereocenters. The lowest BCUT2D eigenvalue weighted by atomic mass is 9.83. The monoisotopic (exact) mass is 482 g/mol. The van der Waals surface area contributed by atoms with Crippen LogP contribution in [0.5, 0.6) is 5.75 Å². The number of benzene rings is 2. The topological polar surface area (TPSA) is 123 Å². The lowest BCUT2D eigenvalue weighted by Crippen LogP contribution is -2.62. The number of fused-ring (bicyclic) bond motifs is 1. The molecule has 0 radical (unpaired) electrons. The zero-order valence-corrected chi connectivity index (χ0v) is 20.4. The van der Waals surface area contributed by atoms with Crippen LogP contribution in [-0.2, 0) is 16.0 Å². The lowest BCUT2D eigenvalue weighted by molar-refractivity contribution is -0.385. The average molecular weight is 483 g/mol. The molecule has 0 saturated carbocycles. The van der Waals surface area contributed by atoms with Crippen LogP contribution in [0.3, 0.4) is 0 Å². The van der Waals surface area contributed by atoms with Crippen LogP contribution < -0.4 is 9.64 Å².